The Morgan fingerprint density at radius 1 is 1.42 bits per heavy atom. The number of rotatable bonds is 8. The van der Waals surface area contributed by atoms with Crippen molar-refractivity contribution in [2.45, 2.75) is 44.4 Å². The number of carbonyl (C=O) groups is 1. The quantitative estimate of drug-likeness (QED) is 0.692. The summed E-state index contributed by atoms with van der Waals surface area (Å²) < 4.78 is 13.3. The number of unbranched alkanes of at least 4 members (excludes halogenated alkanes) is 1. The number of nitrogens with one attached hydrogen (secondary N) is 1. The van der Waals surface area contributed by atoms with Crippen molar-refractivity contribution in [3.63, 3.8) is 0 Å². The molecule has 1 saturated heterocycles. The van der Waals surface area contributed by atoms with Crippen LogP contribution in [0.5, 0.6) is 0 Å². The minimum Gasteiger partial charge on any atom is -0.481 e. The van der Waals surface area contributed by atoms with Crippen LogP contribution in [-0.2, 0) is 14.3 Å². The molecule has 24 heavy (non-hydrogen) atoms. The number of aromatic nitrogens is 4. The SMILES string of the molecule is O=C(O)CCCCOC[C@@H]1CC[C@H](n2cnc3c(=O)[nH]cnc32)O1. The van der Waals surface area contributed by atoms with Crippen LogP contribution >= 0.6 is 0 Å². The van der Waals surface area contributed by atoms with E-state index in [-0.39, 0.29) is 24.3 Å². The number of nitrogens with zero attached hydrogens (tertiary/aromatic N) is 3. The van der Waals surface area contributed by atoms with E-state index >= 15 is 0 Å². The fraction of sp³-hybridized carbons (Fsp3) is 0.600. The van der Waals surface area contributed by atoms with E-state index in [0.717, 1.165) is 19.3 Å². The van der Waals surface area contributed by atoms with Gasteiger partial charge in [0.05, 0.1) is 25.4 Å². The van der Waals surface area contributed by atoms with E-state index in [1.807, 2.05) is 0 Å². The zero-order valence-electron chi connectivity index (χ0n) is 13.2. The highest BCUT2D eigenvalue weighted by molar-refractivity contribution is 5.68. The molecule has 2 aromatic rings. The first-order valence-corrected chi connectivity index (χ1v) is 8.00. The van der Waals surface area contributed by atoms with Crippen LogP contribution in [0, 0.1) is 0 Å². The molecule has 1 aliphatic heterocycles. The largest absolute Gasteiger partial charge is 0.481 e. The first kappa shape index (κ1) is 16.6. The molecule has 2 atom stereocenters. The minimum absolute atomic E-state index is 0.0195. The molecule has 0 unspecified atom stereocenters. The normalized spacial score (nSPS) is 20.7. The maximum atomic E-state index is 11.7. The van der Waals surface area contributed by atoms with Crippen molar-refractivity contribution in [1.82, 2.24) is 19.5 Å². The first-order chi connectivity index (χ1) is 11.6. The van der Waals surface area contributed by atoms with E-state index in [4.69, 9.17) is 14.6 Å². The van der Waals surface area contributed by atoms with Crippen molar-refractivity contribution in [1.29, 1.82) is 0 Å². The van der Waals surface area contributed by atoms with Crippen LogP contribution < -0.4 is 5.56 Å². The molecule has 0 bridgehead atoms. The second kappa shape index (κ2) is 7.54. The van der Waals surface area contributed by atoms with E-state index in [1.165, 1.54) is 6.33 Å². The maximum Gasteiger partial charge on any atom is 0.303 e. The van der Waals surface area contributed by atoms with Gasteiger partial charge in [0, 0.05) is 13.0 Å². The summed E-state index contributed by atoms with van der Waals surface area (Å²) in [5.41, 5.74) is 0.552. The molecule has 0 amide bonds. The predicted molar refractivity (Wildman–Crippen MR) is 83.6 cm³/mol. The van der Waals surface area contributed by atoms with Gasteiger partial charge in [-0.25, -0.2) is 9.97 Å². The first-order valence-electron chi connectivity index (χ1n) is 8.00. The smallest absolute Gasteiger partial charge is 0.303 e. The topological polar surface area (TPSA) is 119 Å². The van der Waals surface area contributed by atoms with Crippen molar-refractivity contribution >= 4 is 17.1 Å². The van der Waals surface area contributed by atoms with Crippen molar-refractivity contribution in [3.05, 3.63) is 23.0 Å². The van der Waals surface area contributed by atoms with Crippen molar-refractivity contribution in [2.24, 2.45) is 0 Å². The highest BCUT2D eigenvalue weighted by Crippen LogP contribution is 2.29. The standard InChI is InChI=1S/C15H20N4O5/c20-12(21)3-1-2-6-23-7-10-4-5-11(24-10)19-9-18-13-14(19)16-8-17-15(13)22/h8-11H,1-7H2,(H,20,21)(H,16,17,22)/t10-,11+/m0/s1. The third kappa shape index (κ3) is 3.80. The fourth-order valence-electron chi connectivity index (χ4n) is 2.78. The number of carboxylic acids is 1. The van der Waals surface area contributed by atoms with Gasteiger partial charge in [0.25, 0.3) is 5.56 Å². The second-order valence-electron chi connectivity index (χ2n) is 5.77. The Kier molecular flexibility index (Phi) is 5.21. The Balaban J connectivity index is 1.48. The number of aliphatic carboxylic acids is 1. The van der Waals surface area contributed by atoms with Gasteiger partial charge in [0.15, 0.2) is 11.2 Å². The van der Waals surface area contributed by atoms with Crippen molar-refractivity contribution in [2.75, 3.05) is 13.2 Å². The van der Waals surface area contributed by atoms with Crippen LogP contribution in [0.25, 0.3) is 11.2 Å². The molecular weight excluding hydrogens is 316 g/mol. The Hall–Kier alpha value is -2.26. The van der Waals surface area contributed by atoms with E-state index in [1.54, 1.807) is 10.9 Å². The molecule has 0 saturated carbocycles. The van der Waals surface area contributed by atoms with Gasteiger partial charge >= 0.3 is 5.97 Å². The molecule has 0 radical (unpaired) electrons. The number of ether oxygens (including phenoxy) is 2. The number of carboxylic acid groups (broad SMARTS) is 1. The summed E-state index contributed by atoms with van der Waals surface area (Å²) in [7, 11) is 0. The predicted octanol–water partition coefficient (Wildman–Crippen LogP) is 1.07. The lowest BCUT2D eigenvalue weighted by Crippen LogP contribution is -2.17. The second-order valence-corrected chi connectivity index (χ2v) is 5.77. The minimum atomic E-state index is -0.781. The Labute approximate surface area is 137 Å². The monoisotopic (exact) mass is 336 g/mol. The molecule has 0 aromatic carbocycles. The van der Waals surface area contributed by atoms with Gasteiger partial charge in [0.1, 0.15) is 6.23 Å². The molecule has 1 fully saturated rings. The molecular formula is C15H20N4O5. The van der Waals surface area contributed by atoms with E-state index in [2.05, 4.69) is 15.0 Å². The molecule has 9 nitrogen and oxygen atoms in total. The van der Waals surface area contributed by atoms with Gasteiger partial charge in [-0.15, -0.1) is 0 Å². The van der Waals surface area contributed by atoms with Gasteiger partial charge in [-0.2, -0.15) is 0 Å². The van der Waals surface area contributed by atoms with Crippen LogP contribution in [0.15, 0.2) is 17.4 Å². The van der Waals surface area contributed by atoms with Crippen LogP contribution in [0.2, 0.25) is 0 Å². The van der Waals surface area contributed by atoms with E-state index in [9.17, 15) is 9.59 Å². The number of hydrogen-bond acceptors (Lipinski definition) is 6. The molecule has 2 aromatic heterocycles. The van der Waals surface area contributed by atoms with Crippen LogP contribution in [0.3, 0.4) is 0 Å². The van der Waals surface area contributed by atoms with Gasteiger partial charge in [0.2, 0.25) is 0 Å². The number of hydrogen-bond donors (Lipinski definition) is 2. The number of fused-ring (bicyclic) bond motifs is 1. The van der Waals surface area contributed by atoms with Gasteiger partial charge in [-0.3, -0.25) is 14.2 Å². The molecule has 1 aliphatic rings. The Morgan fingerprint density at radius 3 is 3.12 bits per heavy atom. The van der Waals surface area contributed by atoms with Crippen molar-refractivity contribution in [3.8, 4) is 0 Å². The lowest BCUT2D eigenvalue weighted by Gasteiger charge is -2.15. The van der Waals surface area contributed by atoms with Gasteiger partial charge in [-0.05, 0) is 25.7 Å². The van der Waals surface area contributed by atoms with Crippen LogP contribution in [0.1, 0.15) is 38.3 Å². The Morgan fingerprint density at radius 2 is 2.29 bits per heavy atom. The van der Waals surface area contributed by atoms with Crippen LogP contribution in [0.4, 0.5) is 0 Å². The van der Waals surface area contributed by atoms with Gasteiger partial charge in [-0.1, -0.05) is 0 Å². The molecule has 3 rings (SSSR count). The average molecular weight is 336 g/mol. The number of aromatic amines is 1. The Bertz CT molecular complexity index is 756. The van der Waals surface area contributed by atoms with Crippen LogP contribution in [-0.4, -0.2) is 49.9 Å². The number of imidazole rings is 1. The average Bonchev–Trinajstić information content (AvgIpc) is 3.17. The van der Waals surface area contributed by atoms with Crippen molar-refractivity contribution < 1.29 is 19.4 Å². The molecule has 0 spiro atoms. The van der Waals surface area contributed by atoms with E-state index < -0.39 is 5.97 Å². The van der Waals surface area contributed by atoms with Gasteiger partial charge < -0.3 is 19.6 Å². The zero-order valence-corrected chi connectivity index (χ0v) is 13.2. The highest BCUT2D eigenvalue weighted by atomic mass is 16.5. The summed E-state index contributed by atoms with van der Waals surface area (Å²) in [5.74, 6) is -0.781. The summed E-state index contributed by atoms with van der Waals surface area (Å²) in [6, 6.07) is 0. The molecule has 9 heteroatoms. The summed E-state index contributed by atoms with van der Waals surface area (Å²) in [4.78, 5) is 32.8. The molecule has 3 heterocycles. The summed E-state index contributed by atoms with van der Waals surface area (Å²) in [6.45, 7) is 1.01. The lowest BCUT2D eigenvalue weighted by atomic mass is 10.2. The number of H-pyrrole nitrogens is 1. The van der Waals surface area contributed by atoms with E-state index in [0.29, 0.717) is 30.8 Å². The molecule has 130 valence electrons. The third-order valence-corrected chi connectivity index (χ3v) is 3.99. The third-order valence-electron chi connectivity index (χ3n) is 3.99. The molecule has 0 aliphatic carbocycles. The highest BCUT2D eigenvalue weighted by Gasteiger charge is 2.28. The fourth-order valence-corrected chi connectivity index (χ4v) is 2.78. The summed E-state index contributed by atoms with van der Waals surface area (Å²) in [6.07, 6.45) is 5.87. The lowest BCUT2D eigenvalue weighted by molar-refractivity contribution is -0.137. The zero-order chi connectivity index (χ0) is 16.9. The summed E-state index contributed by atoms with van der Waals surface area (Å²) >= 11 is 0. The molecule has 2 N–H and O–H groups in total. The maximum absolute atomic E-state index is 11.7. The summed E-state index contributed by atoms with van der Waals surface area (Å²) in [5, 5.41) is 8.56.